The van der Waals surface area contributed by atoms with Crippen molar-refractivity contribution in [1.29, 1.82) is 5.26 Å². The van der Waals surface area contributed by atoms with Crippen LogP contribution in [0.3, 0.4) is 0 Å². The van der Waals surface area contributed by atoms with Crippen molar-refractivity contribution >= 4 is 23.5 Å². The van der Waals surface area contributed by atoms with E-state index in [1.165, 1.54) is 0 Å². The van der Waals surface area contributed by atoms with Crippen LogP contribution in [-0.4, -0.2) is 40.2 Å². The van der Waals surface area contributed by atoms with Gasteiger partial charge in [0.25, 0.3) is 0 Å². The number of nitriles is 1. The predicted octanol–water partition coefficient (Wildman–Crippen LogP) is 1.35. The maximum absolute atomic E-state index is 10.9. The summed E-state index contributed by atoms with van der Waals surface area (Å²) < 4.78 is 0. The molecular formula is C12H13N3O2S. The molecule has 5 nitrogen and oxygen atoms in total. The van der Waals surface area contributed by atoms with E-state index in [1.807, 2.05) is 4.90 Å². The first kappa shape index (κ1) is 12.7. The van der Waals surface area contributed by atoms with Gasteiger partial charge in [0.2, 0.25) is 0 Å². The average molecular weight is 263 g/mol. The van der Waals surface area contributed by atoms with Crippen LogP contribution < -0.4 is 4.90 Å². The Morgan fingerprint density at radius 1 is 1.72 bits per heavy atom. The fourth-order valence-electron chi connectivity index (χ4n) is 1.97. The number of carbonyl (C=O) groups is 1. The zero-order valence-corrected chi connectivity index (χ0v) is 10.6. The van der Waals surface area contributed by atoms with E-state index in [4.69, 9.17) is 10.4 Å². The number of aromatic nitrogens is 1. The molecule has 1 atom stereocenters. The molecule has 0 radical (unpaired) electrons. The van der Waals surface area contributed by atoms with Crippen LogP contribution in [0.2, 0.25) is 0 Å². The lowest BCUT2D eigenvalue weighted by Gasteiger charge is -2.35. The monoisotopic (exact) mass is 263 g/mol. The number of hydrogen-bond acceptors (Lipinski definition) is 5. The van der Waals surface area contributed by atoms with Crippen LogP contribution in [0.25, 0.3) is 0 Å². The smallest absolute Gasteiger partial charge is 0.305 e. The predicted molar refractivity (Wildman–Crippen MR) is 69.7 cm³/mol. The van der Waals surface area contributed by atoms with E-state index in [2.05, 4.69) is 11.1 Å². The summed E-state index contributed by atoms with van der Waals surface area (Å²) in [5, 5.41) is 17.8. The molecule has 1 N–H and O–H groups in total. The number of anilines is 1. The zero-order chi connectivity index (χ0) is 13.0. The first-order valence-corrected chi connectivity index (χ1v) is 6.78. The van der Waals surface area contributed by atoms with E-state index in [0.717, 1.165) is 18.1 Å². The van der Waals surface area contributed by atoms with Gasteiger partial charge in [0.15, 0.2) is 0 Å². The van der Waals surface area contributed by atoms with Crippen LogP contribution in [0, 0.1) is 11.3 Å². The van der Waals surface area contributed by atoms with E-state index < -0.39 is 5.97 Å². The van der Waals surface area contributed by atoms with Gasteiger partial charge in [-0.15, -0.1) is 0 Å². The molecule has 0 aliphatic carbocycles. The summed E-state index contributed by atoms with van der Waals surface area (Å²) in [5.41, 5.74) is 0.548. The number of rotatable bonds is 3. The van der Waals surface area contributed by atoms with Crippen molar-refractivity contribution in [3.63, 3.8) is 0 Å². The second-order valence-electron chi connectivity index (χ2n) is 4.03. The Balaban J connectivity index is 2.22. The molecular weight excluding hydrogens is 250 g/mol. The summed E-state index contributed by atoms with van der Waals surface area (Å²) in [6.45, 7) is 0.768. The molecule has 2 rings (SSSR count). The Morgan fingerprint density at radius 2 is 2.56 bits per heavy atom. The standard InChI is InChI=1S/C12H13N3O2S/c13-7-9-1-2-14-11(5-9)15-3-4-18-8-10(15)6-12(16)17/h1-2,5,10H,3-4,6,8H2,(H,16,17). The first-order chi connectivity index (χ1) is 8.70. The number of aliphatic carboxylic acids is 1. The molecule has 0 spiro atoms. The van der Waals surface area contributed by atoms with Crippen LogP contribution in [0.15, 0.2) is 18.3 Å². The molecule has 2 heterocycles. The molecule has 0 amide bonds. The first-order valence-electron chi connectivity index (χ1n) is 5.63. The summed E-state index contributed by atoms with van der Waals surface area (Å²) in [7, 11) is 0. The van der Waals surface area contributed by atoms with Crippen LogP contribution in [-0.2, 0) is 4.79 Å². The summed E-state index contributed by atoms with van der Waals surface area (Å²) in [6, 6.07) is 5.38. The number of carboxylic acid groups (broad SMARTS) is 1. The highest BCUT2D eigenvalue weighted by atomic mass is 32.2. The minimum absolute atomic E-state index is 0.0531. The molecule has 0 saturated carbocycles. The molecule has 1 aromatic rings. The topological polar surface area (TPSA) is 77.2 Å². The van der Waals surface area contributed by atoms with Crippen molar-refractivity contribution in [3.8, 4) is 6.07 Å². The Morgan fingerprint density at radius 3 is 3.28 bits per heavy atom. The highest BCUT2D eigenvalue weighted by molar-refractivity contribution is 7.99. The maximum Gasteiger partial charge on any atom is 0.305 e. The number of thioether (sulfide) groups is 1. The van der Waals surface area contributed by atoms with Gasteiger partial charge in [0.05, 0.1) is 18.1 Å². The molecule has 0 bridgehead atoms. The summed E-state index contributed by atoms with van der Waals surface area (Å²) in [4.78, 5) is 17.1. The van der Waals surface area contributed by atoms with Crippen molar-refractivity contribution < 1.29 is 9.90 Å². The van der Waals surface area contributed by atoms with Crippen LogP contribution >= 0.6 is 11.8 Å². The Kier molecular flexibility index (Phi) is 4.05. The third-order valence-corrected chi connectivity index (χ3v) is 3.90. The molecule has 1 saturated heterocycles. The third kappa shape index (κ3) is 2.93. The minimum atomic E-state index is -0.802. The fourth-order valence-corrected chi connectivity index (χ4v) is 3.03. The molecule has 94 valence electrons. The van der Waals surface area contributed by atoms with Gasteiger partial charge in [-0.05, 0) is 12.1 Å². The van der Waals surface area contributed by atoms with Crippen molar-refractivity contribution in [2.24, 2.45) is 0 Å². The number of pyridine rings is 1. The Bertz CT molecular complexity index is 486. The van der Waals surface area contributed by atoms with Crippen molar-refractivity contribution in [2.75, 3.05) is 23.0 Å². The summed E-state index contributed by atoms with van der Waals surface area (Å²) >= 11 is 1.76. The Labute approximate surface area is 109 Å². The van der Waals surface area contributed by atoms with Gasteiger partial charge in [-0.1, -0.05) is 0 Å². The molecule has 1 fully saturated rings. The lowest BCUT2D eigenvalue weighted by molar-refractivity contribution is -0.137. The second-order valence-corrected chi connectivity index (χ2v) is 5.18. The summed E-state index contributed by atoms with van der Waals surface area (Å²) in [6.07, 6.45) is 1.69. The van der Waals surface area contributed by atoms with Gasteiger partial charge in [-0.25, -0.2) is 4.98 Å². The highest BCUT2D eigenvalue weighted by Gasteiger charge is 2.26. The maximum atomic E-state index is 10.9. The zero-order valence-electron chi connectivity index (χ0n) is 9.74. The Hall–Kier alpha value is -1.74. The van der Waals surface area contributed by atoms with Crippen molar-refractivity contribution in [1.82, 2.24) is 4.98 Å². The molecule has 1 aliphatic rings. The van der Waals surface area contributed by atoms with E-state index in [1.54, 1.807) is 30.1 Å². The van der Waals surface area contributed by atoms with Crippen LogP contribution in [0.1, 0.15) is 12.0 Å². The number of nitrogens with zero attached hydrogens (tertiary/aromatic N) is 3. The molecule has 18 heavy (non-hydrogen) atoms. The fraction of sp³-hybridized carbons (Fsp3) is 0.417. The van der Waals surface area contributed by atoms with Crippen molar-refractivity contribution in [2.45, 2.75) is 12.5 Å². The van der Waals surface area contributed by atoms with Gasteiger partial charge < -0.3 is 10.0 Å². The van der Waals surface area contributed by atoms with E-state index in [0.29, 0.717) is 11.4 Å². The SMILES string of the molecule is N#Cc1ccnc(N2CCSCC2CC(=O)O)c1. The largest absolute Gasteiger partial charge is 0.481 e. The quantitative estimate of drug-likeness (QED) is 0.887. The second kappa shape index (κ2) is 5.74. The van der Waals surface area contributed by atoms with Gasteiger partial charge in [0.1, 0.15) is 5.82 Å². The van der Waals surface area contributed by atoms with E-state index >= 15 is 0 Å². The van der Waals surface area contributed by atoms with Crippen LogP contribution in [0.5, 0.6) is 0 Å². The molecule has 1 aromatic heterocycles. The molecule has 0 aromatic carbocycles. The highest BCUT2D eigenvalue weighted by Crippen LogP contribution is 2.24. The van der Waals surface area contributed by atoms with Gasteiger partial charge in [-0.2, -0.15) is 17.0 Å². The lowest BCUT2D eigenvalue weighted by atomic mass is 10.2. The minimum Gasteiger partial charge on any atom is -0.481 e. The normalized spacial score (nSPS) is 19.3. The lowest BCUT2D eigenvalue weighted by Crippen LogP contribution is -2.44. The molecule has 1 unspecified atom stereocenters. The van der Waals surface area contributed by atoms with E-state index in [-0.39, 0.29) is 12.5 Å². The average Bonchev–Trinajstić information content (AvgIpc) is 2.39. The molecule has 1 aliphatic heterocycles. The van der Waals surface area contributed by atoms with E-state index in [9.17, 15) is 4.79 Å². The van der Waals surface area contributed by atoms with Crippen LogP contribution in [0.4, 0.5) is 5.82 Å². The number of carboxylic acids is 1. The van der Waals surface area contributed by atoms with Gasteiger partial charge in [-0.3, -0.25) is 4.79 Å². The van der Waals surface area contributed by atoms with Gasteiger partial charge >= 0.3 is 5.97 Å². The molecule has 6 heteroatoms. The third-order valence-electron chi connectivity index (χ3n) is 2.81. The summed E-state index contributed by atoms with van der Waals surface area (Å²) in [5.74, 6) is 1.63. The van der Waals surface area contributed by atoms with Gasteiger partial charge in [0, 0.05) is 30.3 Å². The van der Waals surface area contributed by atoms with Crippen molar-refractivity contribution in [3.05, 3.63) is 23.9 Å². The number of hydrogen-bond donors (Lipinski definition) is 1.